The van der Waals surface area contributed by atoms with E-state index in [1.807, 2.05) is 0 Å². The fraction of sp³-hybridized carbons (Fsp3) is 0. The summed E-state index contributed by atoms with van der Waals surface area (Å²) in [6, 6.07) is 13.1. The van der Waals surface area contributed by atoms with E-state index in [1.165, 1.54) is 42.5 Å². The van der Waals surface area contributed by atoms with Gasteiger partial charge in [0.1, 0.15) is 5.82 Å². The minimum atomic E-state index is -4.44. The summed E-state index contributed by atoms with van der Waals surface area (Å²) in [5.74, 6) is -1.55. The molecule has 0 aliphatic carbocycles. The number of amides is 1. The first-order chi connectivity index (χ1) is 14.1. The van der Waals surface area contributed by atoms with Gasteiger partial charge in [-0.05, 0) is 42.5 Å². The molecular weight excluding hydrogens is 437 g/mol. The number of nitro benzene ring substituents is 1. The van der Waals surface area contributed by atoms with Crippen molar-refractivity contribution in [3.63, 3.8) is 0 Å². The van der Waals surface area contributed by atoms with Gasteiger partial charge in [-0.25, -0.2) is 17.1 Å². The average molecular weight is 450 g/mol. The Labute approximate surface area is 175 Å². The van der Waals surface area contributed by atoms with Crippen molar-refractivity contribution in [1.82, 2.24) is 0 Å². The zero-order chi connectivity index (χ0) is 22.1. The van der Waals surface area contributed by atoms with Gasteiger partial charge in [0.15, 0.2) is 0 Å². The second kappa shape index (κ2) is 8.09. The summed E-state index contributed by atoms with van der Waals surface area (Å²) in [6.45, 7) is 0. The lowest BCUT2D eigenvalue weighted by atomic mass is 10.2. The number of primary amides is 1. The zero-order valence-corrected chi connectivity index (χ0v) is 16.6. The van der Waals surface area contributed by atoms with Crippen LogP contribution in [0.25, 0.3) is 0 Å². The van der Waals surface area contributed by atoms with Crippen molar-refractivity contribution in [3.05, 3.63) is 93.2 Å². The van der Waals surface area contributed by atoms with Crippen molar-refractivity contribution < 1.29 is 22.5 Å². The summed E-state index contributed by atoms with van der Waals surface area (Å²) in [5, 5.41) is 10.7. The van der Waals surface area contributed by atoms with Crippen LogP contribution in [-0.4, -0.2) is 19.2 Å². The molecular formula is C19H13ClFN3O5S. The Kier molecular flexibility index (Phi) is 5.72. The third kappa shape index (κ3) is 4.09. The number of hydrogen-bond donors (Lipinski definition) is 1. The normalized spacial score (nSPS) is 11.1. The van der Waals surface area contributed by atoms with E-state index < -0.39 is 32.4 Å². The van der Waals surface area contributed by atoms with Gasteiger partial charge in [0.25, 0.3) is 15.7 Å². The van der Waals surface area contributed by atoms with E-state index in [0.29, 0.717) is 0 Å². The first kappa shape index (κ1) is 21.2. The van der Waals surface area contributed by atoms with Crippen LogP contribution in [0.4, 0.5) is 21.5 Å². The number of anilines is 2. The Morgan fingerprint density at radius 2 is 1.70 bits per heavy atom. The molecule has 11 heteroatoms. The van der Waals surface area contributed by atoms with Crippen molar-refractivity contribution in [2.45, 2.75) is 4.90 Å². The van der Waals surface area contributed by atoms with Crippen LogP contribution < -0.4 is 10.0 Å². The number of carbonyl (C=O) groups excluding carboxylic acids is 1. The van der Waals surface area contributed by atoms with Crippen LogP contribution in [0, 0.1) is 15.9 Å². The number of non-ortho nitro benzene ring substituents is 1. The lowest BCUT2D eigenvalue weighted by Gasteiger charge is -2.25. The van der Waals surface area contributed by atoms with E-state index >= 15 is 0 Å². The molecule has 1 amide bonds. The lowest BCUT2D eigenvalue weighted by molar-refractivity contribution is -0.385. The van der Waals surface area contributed by atoms with Crippen molar-refractivity contribution in [1.29, 1.82) is 0 Å². The van der Waals surface area contributed by atoms with E-state index in [0.717, 1.165) is 28.6 Å². The Morgan fingerprint density at radius 3 is 2.33 bits per heavy atom. The molecule has 0 atom stereocenters. The van der Waals surface area contributed by atoms with Crippen molar-refractivity contribution >= 4 is 44.6 Å². The van der Waals surface area contributed by atoms with Crippen LogP contribution in [0.2, 0.25) is 5.02 Å². The number of nitro groups is 1. The van der Waals surface area contributed by atoms with Gasteiger partial charge in [-0.15, -0.1) is 0 Å². The molecule has 0 aliphatic rings. The average Bonchev–Trinajstić information content (AvgIpc) is 2.71. The summed E-state index contributed by atoms with van der Waals surface area (Å²) < 4.78 is 41.3. The molecule has 0 spiro atoms. The largest absolute Gasteiger partial charge is 0.366 e. The third-order valence-corrected chi connectivity index (χ3v) is 6.11. The van der Waals surface area contributed by atoms with Crippen molar-refractivity contribution in [3.8, 4) is 0 Å². The minimum absolute atomic E-state index is 0.000445. The number of nitrogens with two attached hydrogens (primary N) is 1. The smallest absolute Gasteiger partial charge is 0.270 e. The SMILES string of the molecule is NC(=O)c1cccc(N(c2ccc(F)c(Cl)c2)S(=O)(=O)c2cccc([N+](=O)[O-])c2)c1. The molecule has 30 heavy (non-hydrogen) atoms. The maximum Gasteiger partial charge on any atom is 0.270 e. The molecule has 0 saturated carbocycles. The predicted molar refractivity (Wildman–Crippen MR) is 109 cm³/mol. The maximum atomic E-state index is 13.7. The summed E-state index contributed by atoms with van der Waals surface area (Å²) in [6.07, 6.45) is 0. The number of hydrogen-bond acceptors (Lipinski definition) is 5. The molecule has 0 bridgehead atoms. The summed E-state index contributed by atoms with van der Waals surface area (Å²) in [4.78, 5) is 21.5. The van der Waals surface area contributed by atoms with Crippen LogP contribution in [0.15, 0.2) is 71.6 Å². The quantitative estimate of drug-likeness (QED) is 0.449. The molecule has 0 radical (unpaired) electrons. The fourth-order valence-corrected chi connectivity index (χ4v) is 4.37. The van der Waals surface area contributed by atoms with E-state index in [1.54, 1.807) is 0 Å². The second-order valence-electron chi connectivity index (χ2n) is 6.04. The number of sulfonamides is 1. The van der Waals surface area contributed by atoms with Crippen LogP contribution in [0.3, 0.4) is 0 Å². The molecule has 0 aliphatic heterocycles. The molecule has 0 aromatic heterocycles. The monoisotopic (exact) mass is 449 g/mol. The molecule has 0 heterocycles. The Bertz CT molecular complexity index is 1270. The molecule has 0 saturated heterocycles. The highest BCUT2D eigenvalue weighted by atomic mass is 35.5. The third-order valence-electron chi connectivity index (χ3n) is 4.07. The lowest BCUT2D eigenvalue weighted by Crippen LogP contribution is -2.27. The van der Waals surface area contributed by atoms with Crippen LogP contribution in [0.1, 0.15) is 10.4 Å². The first-order valence-corrected chi connectivity index (χ1v) is 10.1. The van der Waals surface area contributed by atoms with Gasteiger partial charge in [0.2, 0.25) is 5.91 Å². The zero-order valence-electron chi connectivity index (χ0n) is 15.0. The fourth-order valence-electron chi connectivity index (χ4n) is 2.69. The van der Waals surface area contributed by atoms with E-state index in [-0.39, 0.29) is 26.9 Å². The number of nitrogens with zero attached hydrogens (tertiary/aromatic N) is 2. The van der Waals surface area contributed by atoms with Gasteiger partial charge in [0.05, 0.1) is 26.2 Å². The molecule has 0 fully saturated rings. The van der Waals surface area contributed by atoms with Gasteiger partial charge in [0, 0.05) is 17.7 Å². The Hall–Kier alpha value is -3.50. The highest BCUT2D eigenvalue weighted by Crippen LogP contribution is 2.35. The Balaban J connectivity index is 2.27. The van der Waals surface area contributed by atoms with Crippen LogP contribution in [-0.2, 0) is 10.0 Å². The van der Waals surface area contributed by atoms with E-state index in [9.17, 15) is 27.7 Å². The summed E-state index contributed by atoms with van der Waals surface area (Å²) in [5.41, 5.74) is 4.84. The van der Waals surface area contributed by atoms with Gasteiger partial charge in [-0.2, -0.15) is 0 Å². The number of rotatable bonds is 6. The molecule has 8 nitrogen and oxygen atoms in total. The van der Waals surface area contributed by atoms with Gasteiger partial charge >= 0.3 is 0 Å². The predicted octanol–water partition coefficient (Wildman–Crippen LogP) is 4.01. The van der Waals surface area contributed by atoms with Crippen LogP contribution in [0.5, 0.6) is 0 Å². The van der Waals surface area contributed by atoms with Crippen molar-refractivity contribution in [2.24, 2.45) is 5.73 Å². The molecule has 0 unspecified atom stereocenters. The highest BCUT2D eigenvalue weighted by molar-refractivity contribution is 7.93. The maximum absolute atomic E-state index is 13.7. The van der Waals surface area contributed by atoms with Gasteiger partial charge in [-0.3, -0.25) is 14.9 Å². The molecule has 2 N–H and O–H groups in total. The summed E-state index contributed by atoms with van der Waals surface area (Å²) >= 11 is 5.83. The first-order valence-electron chi connectivity index (χ1n) is 8.26. The van der Waals surface area contributed by atoms with Gasteiger partial charge < -0.3 is 5.73 Å². The Morgan fingerprint density at radius 1 is 1.03 bits per heavy atom. The topological polar surface area (TPSA) is 124 Å². The number of benzene rings is 3. The summed E-state index contributed by atoms with van der Waals surface area (Å²) in [7, 11) is -4.44. The van der Waals surface area contributed by atoms with E-state index in [4.69, 9.17) is 17.3 Å². The molecule has 154 valence electrons. The van der Waals surface area contributed by atoms with Crippen LogP contribution >= 0.6 is 11.6 Å². The van der Waals surface area contributed by atoms with Gasteiger partial charge in [-0.1, -0.05) is 23.7 Å². The molecule has 3 aromatic rings. The second-order valence-corrected chi connectivity index (χ2v) is 8.23. The minimum Gasteiger partial charge on any atom is -0.366 e. The van der Waals surface area contributed by atoms with E-state index in [2.05, 4.69) is 0 Å². The number of carbonyl (C=O) groups is 1. The van der Waals surface area contributed by atoms with Crippen molar-refractivity contribution in [2.75, 3.05) is 4.31 Å². The number of halogens is 2. The highest BCUT2D eigenvalue weighted by Gasteiger charge is 2.29. The molecule has 3 rings (SSSR count). The standard InChI is InChI=1S/C19H13ClFN3O5S/c20-17-11-14(7-8-18(17)21)23(13-4-1-3-12(9-13)19(22)25)30(28,29)16-6-2-5-15(10-16)24(26)27/h1-11H,(H2,22,25). The molecule has 3 aromatic carbocycles.